The lowest BCUT2D eigenvalue weighted by atomic mass is 10.4. The number of aromatic nitrogens is 3. The highest BCUT2D eigenvalue weighted by Gasteiger charge is 2.08. The van der Waals surface area contributed by atoms with E-state index in [2.05, 4.69) is 10.1 Å². The first kappa shape index (κ1) is 9.94. The monoisotopic (exact) mass is 186 g/mol. The second kappa shape index (κ2) is 4.78. The molecular weight excluding hydrogens is 172 g/mol. The lowest BCUT2D eigenvalue weighted by Gasteiger charge is -2.13. The van der Waals surface area contributed by atoms with Crippen LogP contribution in [-0.2, 0) is 16.0 Å². The van der Waals surface area contributed by atoms with E-state index in [9.17, 15) is 0 Å². The molecule has 0 saturated carbocycles. The van der Waals surface area contributed by atoms with Crippen molar-refractivity contribution in [2.45, 2.75) is 12.6 Å². The maximum atomic E-state index is 5.35. The van der Waals surface area contributed by atoms with Gasteiger partial charge in [-0.3, -0.25) is 0 Å². The molecular formula is C7H14N4O2. The van der Waals surface area contributed by atoms with Crippen molar-refractivity contribution >= 4 is 5.95 Å². The molecule has 0 fully saturated rings. The van der Waals surface area contributed by atoms with Gasteiger partial charge in [0.25, 0.3) is 0 Å². The standard InChI is InChI=1S/C7H14N4O2/c1-12-4-6(13-2)3-11-5-9-7(8)10-11/h5-6H,3-4H2,1-2H3,(H2,8,10). The van der Waals surface area contributed by atoms with Gasteiger partial charge in [-0.2, -0.15) is 0 Å². The molecule has 1 rings (SSSR count). The Labute approximate surface area is 76.6 Å². The van der Waals surface area contributed by atoms with Gasteiger partial charge in [0.2, 0.25) is 5.95 Å². The fraction of sp³-hybridized carbons (Fsp3) is 0.714. The Kier molecular flexibility index (Phi) is 3.66. The largest absolute Gasteiger partial charge is 0.382 e. The van der Waals surface area contributed by atoms with Crippen LogP contribution in [0.15, 0.2) is 6.33 Å². The topological polar surface area (TPSA) is 75.2 Å². The smallest absolute Gasteiger partial charge is 0.239 e. The van der Waals surface area contributed by atoms with E-state index in [1.165, 1.54) is 0 Å². The molecule has 1 atom stereocenters. The second-order valence-corrected chi connectivity index (χ2v) is 2.64. The molecule has 1 unspecified atom stereocenters. The number of anilines is 1. The van der Waals surface area contributed by atoms with Crippen LogP contribution in [0.1, 0.15) is 0 Å². The van der Waals surface area contributed by atoms with E-state index in [0.717, 1.165) is 0 Å². The quantitative estimate of drug-likeness (QED) is 0.672. The minimum atomic E-state index is -0.0221. The Hall–Kier alpha value is -1.14. The summed E-state index contributed by atoms with van der Waals surface area (Å²) in [5.41, 5.74) is 5.35. The molecule has 0 aliphatic heterocycles. The molecule has 0 radical (unpaired) electrons. The summed E-state index contributed by atoms with van der Waals surface area (Å²) in [6.45, 7) is 1.12. The van der Waals surface area contributed by atoms with Crippen LogP contribution in [0.4, 0.5) is 5.95 Å². The molecule has 0 spiro atoms. The highest BCUT2D eigenvalue weighted by atomic mass is 16.5. The molecule has 0 aliphatic carbocycles. The van der Waals surface area contributed by atoms with Crippen molar-refractivity contribution < 1.29 is 9.47 Å². The molecule has 74 valence electrons. The number of nitrogens with two attached hydrogens (primary N) is 1. The Morgan fingerprint density at radius 3 is 2.85 bits per heavy atom. The minimum Gasteiger partial charge on any atom is -0.382 e. The zero-order valence-corrected chi connectivity index (χ0v) is 7.80. The van der Waals surface area contributed by atoms with Crippen LogP contribution in [0.2, 0.25) is 0 Å². The Morgan fingerprint density at radius 2 is 2.38 bits per heavy atom. The molecule has 1 heterocycles. The fourth-order valence-corrected chi connectivity index (χ4v) is 0.987. The van der Waals surface area contributed by atoms with E-state index >= 15 is 0 Å². The summed E-state index contributed by atoms with van der Waals surface area (Å²) in [5, 5.41) is 3.93. The van der Waals surface area contributed by atoms with Crippen LogP contribution < -0.4 is 5.73 Å². The molecule has 2 N–H and O–H groups in total. The molecule has 0 aromatic carbocycles. The van der Waals surface area contributed by atoms with Crippen molar-refractivity contribution in [2.75, 3.05) is 26.6 Å². The van der Waals surface area contributed by atoms with E-state index in [1.807, 2.05) is 0 Å². The molecule has 0 amide bonds. The third-order valence-electron chi connectivity index (χ3n) is 1.63. The number of rotatable bonds is 5. The first-order chi connectivity index (χ1) is 6.26. The van der Waals surface area contributed by atoms with Gasteiger partial charge in [-0.05, 0) is 0 Å². The van der Waals surface area contributed by atoms with Crippen molar-refractivity contribution in [3.63, 3.8) is 0 Å². The maximum absolute atomic E-state index is 5.35. The van der Waals surface area contributed by atoms with Gasteiger partial charge in [-0.25, -0.2) is 9.67 Å². The van der Waals surface area contributed by atoms with E-state index in [4.69, 9.17) is 15.2 Å². The lowest BCUT2D eigenvalue weighted by molar-refractivity contribution is 0.0163. The van der Waals surface area contributed by atoms with Gasteiger partial charge >= 0.3 is 0 Å². The number of hydrogen-bond acceptors (Lipinski definition) is 5. The highest BCUT2D eigenvalue weighted by Crippen LogP contribution is 1.97. The summed E-state index contributed by atoms with van der Waals surface area (Å²) in [5.74, 6) is 0.271. The van der Waals surface area contributed by atoms with E-state index < -0.39 is 0 Å². The van der Waals surface area contributed by atoms with Crippen LogP contribution in [0.3, 0.4) is 0 Å². The van der Waals surface area contributed by atoms with Gasteiger partial charge in [0.05, 0.1) is 19.3 Å². The van der Waals surface area contributed by atoms with Crippen LogP contribution in [0.5, 0.6) is 0 Å². The van der Waals surface area contributed by atoms with E-state index in [1.54, 1.807) is 25.2 Å². The van der Waals surface area contributed by atoms with Crippen molar-refractivity contribution in [3.8, 4) is 0 Å². The van der Waals surface area contributed by atoms with Gasteiger partial charge in [0.1, 0.15) is 6.33 Å². The third-order valence-corrected chi connectivity index (χ3v) is 1.63. The molecule has 6 heteroatoms. The van der Waals surface area contributed by atoms with Gasteiger partial charge < -0.3 is 15.2 Å². The molecule has 0 saturated heterocycles. The predicted octanol–water partition coefficient (Wildman–Crippen LogP) is -0.478. The summed E-state index contributed by atoms with van der Waals surface area (Å²) < 4.78 is 11.7. The molecule has 6 nitrogen and oxygen atoms in total. The Balaban J connectivity index is 2.46. The second-order valence-electron chi connectivity index (χ2n) is 2.64. The summed E-state index contributed by atoms with van der Waals surface area (Å²) in [6.07, 6.45) is 1.54. The summed E-state index contributed by atoms with van der Waals surface area (Å²) in [6, 6.07) is 0. The lowest BCUT2D eigenvalue weighted by Crippen LogP contribution is -2.24. The molecule has 0 aliphatic rings. The van der Waals surface area contributed by atoms with E-state index in [0.29, 0.717) is 13.2 Å². The normalized spacial score (nSPS) is 13.1. The Morgan fingerprint density at radius 1 is 1.62 bits per heavy atom. The van der Waals surface area contributed by atoms with Crippen LogP contribution in [0.25, 0.3) is 0 Å². The summed E-state index contributed by atoms with van der Waals surface area (Å²) in [7, 11) is 3.26. The van der Waals surface area contributed by atoms with E-state index in [-0.39, 0.29) is 12.1 Å². The Bertz CT molecular complexity index is 250. The summed E-state index contributed by atoms with van der Waals surface area (Å²) in [4.78, 5) is 3.80. The van der Waals surface area contributed by atoms with Crippen LogP contribution >= 0.6 is 0 Å². The van der Waals surface area contributed by atoms with Crippen LogP contribution in [-0.4, -0.2) is 41.7 Å². The maximum Gasteiger partial charge on any atom is 0.239 e. The minimum absolute atomic E-state index is 0.0221. The fourth-order valence-electron chi connectivity index (χ4n) is 0.987. The highest BCUT2D eigenvalue weighted by molar-refractivity contribution is 5.09. The first-order valence-corrected chi connectivity index (χ1v) is 3.93. The average molecular weight is 186 g/mol. The SMILES string of the molecule is COCC(Cn1cnc(N)n1)OC. The number of nitrogens with zero attached hydrogens (tertiary/aromatic N) is 3. The molecule has 1 aromatic rings. The van der Waals surface area contributed by atoms with Crippen molar-refractivity contribution in [2.24, 2.45) is 0 Å². The number of methoxy groups -OCH3 is 2. The summed E-state index contributed by atoms with van der Waals surface area (Å²) >= 11 is 0. The number of hydrogen-bond donors (Lipinski definition) is 1. The average Bonchev–Trinajstić information content (AvgIpc) is 2.50. The molecule has 13 heavy (non-hydrogen) atoms. The third kappa shape index (κ3) is 3.00. The van der Waals surface area contributed by atoms with Crippen molar-refractivity contribution in [1.82, 2.24) is 14.8 Å². The zero-order valence-electron chi connectivity index (χ0n) is 7.80. The van der Waals surface area contributed by atoms with Crippen LogP contribution in [0, 0.1) is 0 Å². The zero-order chi connectivity index (χ0) is 9.68. The molecule has 0 bridgehead atoms. The molecule has 1 aromatic heterocycles. The predicted molar refractivity (Wildman–Crippen MR) is 47.1 cm³/mol. The number of nitrogen functional groups attached to an aromatic ring is 1. The van der Waals surface area contributed by atoms with Gasteiger partial charge in [0, 0.05) is 14.2 Å². The van der Waals surface area contributed by atoms with Gasteiger partial charge in [0.15, 0.2) is 0 Å². The van der Waals surface area contributed by atoms with Gasteiger partial charge in [-0.15, -0.1) is 5.10 Å². The van der Waals surface area contributed by atoms with Crippen molar-refractivity contribution in [1.29, 1.82) is 0 Å². The van der Waals surface area contributed by atoms with Gasteiger partial charge in [-0.1, -0.05) is 0 Å². The van der Waals surface area contributed by atoms with Crippen molar-refractivity contribution in [3.05, 3.63) is 6.33 Å². The number of ether oxygens (including phenoxy) is 2. The first-order valence-electron chi connectivity index (χ1n) is 3.93.